The number of nitriles is 1. The Morgan fingerprint density at radius 2 is 1.41 bits per heavy atom. The van der Waals surface area contributed by atoms with E-state index in [1.165, 1.54) is 19.3 Å². The Balaban J connectivity index is 4.61. The lowest BCUT2D eigenvalue weighted by Crippen LogP contribution is -2.46. The number of rotatable bonds is 21. The highest BCUT2D eigenvalue weighted by Crippen LogP contribution is 2.34. The van der Waals surface area contributed by atoms with Crippen LogP contribution < -0.4 is 10.6 Å². The van der Waals surface area contributed by atoms with Gasteiger partial charge in [-0.2, -0.15) is 5.26 Å². The van der Waals surface area contributed by atoms with Gasteiger partial charge < -0.3 is 20.1 Å². The maximum Gasteiger partial charge on any atom is 0.225 e. The van der Waals surface area contributed by atoms with Gasteiger partial charge in [0.15, 0.2) is 0 Å². The SMILES string of the molecule is CCCCCCCNC(=O)C(C)(C)CC(C)(C)OC(C)(C)CCOC(C)(C)CNC(=O)CCC(C)(C#N)CC. The average Bonchev–Trinajstić information content (AvgIpc) is 2.81. The minimum absolute atomic E-state index is 0.0600. The van der Waals surface area contributed by atoms with E-state index >= 15 is 0 Å². The first-order valence-corrected chi connectivity index (χ1v) is 15.1. The zero-order valence-electron chi connectivity index (χ0n) is 27.3. The maximum atomic E-state index is 12.9. The van der Waals surface area contributed by atoms with Crippen LogP contribution in [0.3, 0.4) is 0 Å². The van der Waals surface area contributed by atoms with Crippen molar-refractivity contribution in [1.82, 2.24) is 10.6 Å². The second-order valence-electron chi connectivity index (χ2n) is 14.0. The van der Waals surface area contributed by atoms with E-state index in [0.717, 1.165) is 25.8 Å². The van der Waals surface area contributed by atoms with Gasteiger partial charge in [0, 0.05) is 24.9 Å². The van der Waals surface area contributed by atoms with Crippen LogP contribution in [-0.4, -0.2) is 48.3 Å². The lowest BCUT2D eigenvalue weighted by atomic mass is 9.80. The fourth-order valence-corrected chi connectivity index (χ4v) is 4.87. The van der Waals surface area contributed by atoms with E-state index in [1.807, 2.05) is 55.4 Å². The van der Waals surface area contributed by atoms with Crippen molar-refractivity contribution in [3.05, 3.63) is 0 Å². The van der Waals surface area contributed by atoms with Crippen molar-refractivity contribution in [1.29, 1.82) is 5.26 Å². The third-order valence-electron chi connectivity index (χ3n) is 7.46. The molecule has 0 spiro atoms. The van der Waals surface area contributed by atoms with Crippen LogP contribution in [0.5, 0.6) is 0 Å². The molecule has 0 aliphatic heterocycles. The Labute approximate surface area is 240 Å². The molecule has 0 aliphatic carbocycles. The molecule has 7 heteroatoms. The number of hydrogen-bond donors (Lipinski definition) is 2. The van der Waals surface area contributed by atoms with Crippen LogP contribution in [0.25, 0.3) is 0 Å². The van der Waals surface area contributed by atoms with Crippen LogP contribution >= 0.6 is 0 Å². The van der Waals surface area contributed by atoms with Gasteiger partial charge in [0.1, 0.15) is 0 Å². The number of carbonyl (C=O) groups is 2. The normalized spacial score (nSPS) is 14.4. The van der Waals surface area contributed by atoms with Crippen LogP contribution in [0.2, 0.25) is 0 Å². The van der Waals surface area contributed by atoms with Crippen molar-refractivity contribution in [3.8, 4) is 6.07 Å². The number of ether oxygens (including phenoxy) is 2. The van der Waals surface area contributed by atoms with E-state index in [4.69, 9.17) is 9.47 Å². The molecule has 0 aromatic rings. The van der Waals surface area contributed by atoms with E-state index in [-0.39, 0.29) is 11.8 Å². The first-order valence-electron chi connectivity index (χ1n) is 15.1. The Hall–Kier alpha value is -1.65. The molecule has 0 saturated heterocycles. The Morgan fingerprint density at radius 1 is 0.795 bits per heavy atom. The molecule has 1 unspecified atom stereocenters. The summed E-state index contributed by atoms with van der Waals surface area (Å²) >= 11 is 0. The van der Waals surface area contributed by atoms with Crippen molar-refractivity contribution >= 4 is 11.8 Å². The van der Waals surface area contributed by atoms with E-state index in [0.29, 0.717) is 38.8 Å². The highest BCUT2D eigenvalue weighted by atomic mass is 16.5. The topological polar surface area (TPSA) is 100 Å². The predicted octanol–water partition coefficient (Wildman–Crippen LogP) is 7.08. The zero-order chi connectivity index (χ0) is 30.4. The molecule has 0 saturated carbocycles. The molecule has 2 N–H and O–H groups in total. The molecule has 0 aromatic carbocycles. The molecule has 0 aliphatic rings. The van der Waals surface area contributed by atoms with Crippen molar-refractivity contribution < 1.29 is 19.1 Å². The molecule has 228 valence electrons. The van der Waals surface area contributed by atoms with Crippen molar-refractivity contribution in [2.45, 2.75) is 157 Å². The second kappa shape index (κ2) is 16.6. The second-order valence-corrected chi connectivity index (χ2v) is 14.0. The van der Waals surface area contributed by atoms with E-state index in [2.05, 4.69) is 37.5 Å². The van der Waals surface area contributed by atoms with Gasteiger partial charge in [0.05, 0.1) is 34.9 Å². The van der Waals surface area contributed by atoms with Crippen LogP contribution in [0.15, 0.2) is 0 Å². The van der Waals surface area contributed by atoms with E-state index in [1.54, 1.807) is 0 Å². The van der Waals surface area contributed by atoms with Gasteiger partial charge >= 0.3 is 0 Å². The fraction of sp³-hybridized carbons (Fsp3) is 0.906. The number of nitrogens with one attached hydrogen (secondary N) is 2. The Morgan fingerprint density at radius 3 is 1.97 bits per heavy atom. The van der Waals surface area contributed by atoms with Crippen LogP contribution in [0.1, 0.15) is 140 Å². The summed E-state index contributed by atoms with van der Waals surface area (Å²) in [7, 11) is 0. The largest absolute Gasteiger partial charge is 0.374 e. The van der Waals surface area contributed by atoms with Gasteiger partial charge in [-0.05, 0) is 80.6 Å². The Bertz CT molecular complexity index is 783. The molecule has 0 heterocycles. The van der Waals surface area contributed by atoms with Gasteiger partial charge in [-0.1, -0.05) is 53.4 Å². The van der Waals surface area contributed by atoms with Crippen molar-refractivity contribution in [3.63, 3.8) is 0 Å². The number of amides is 2. The highest BCUT2D eigenvalue weighted by molar-refractivity contribution is 5.81. The summed E-state index contributed by atoms with van der Waals surface area (Å²) in [6, 6.07) is 2.31. The fourth-order valence-electron chi connectivity index (χ4n) is 4.87. The first-order chi connectivity index (χ1) is 17.8. The Kier molecular flexibility index (Phi) is 15.9. The highest BCUT2D eigenvalue weighted by Gasteiger charge is 2.38. The standard InChI is InChI=1S/C32H61N3O4/c1-12-14-15-16-17-21-34-27(37)28(3,4)23-30(7,8)39-29(5,6)20-22-38-31(9,10)25-35-26(36)18-19-32(11,13-2)24-33/h12-23,25H2,1-11H3,(H,34,37)(H,35,36). The summed E-state index contributed by atoms with van der Waals surface area (Å²) in [5, 5.41) is 15.4. The summed E-state index contributed by atoms with van der Waals surface area (Å²) in [6.07, 6.45) is 8.76. The van der Waals surface area contributed by atoms with Crippen LogP contribution in [-0.2, 0) is 19.1 Å². The number of hydrogen-bond acceptors (Lipinski definition) is 5. The summed E-state index contributed by atoms with van der Waals surface area (Å²) in [5.41, 5.74) is -2.47. The minimum Gasteiger partial charge on any atom is -0.374 e. The molecule has 7 nitrogen and oxygen atoms in total. The molecule has 2 amide bonds. The number of carbonyl (C=O) groups excluding carboxylic acids is 2. The predicted molar refractivity (Wildman–Crippen MR) is 160 cm³/mol. The lowest BCUT2D eigenvalue weighted by Gasteiger charge is -2.40. The molecule has 0 fully saturated rings. The summed E-state index contributed by atoms with van der Waals surface area (Å²) < 4.78 is 12.6. The van der Waals surface area contributed by atoms with Gasteiger partial charge in [-0.25, -0.2) is 0 Å². The van der Waals surface area contributed by atoms with Crippen LogP contribution in [0, 0.1) is 22.2 Å². The van der Waals surface area contributed by atoms with Crippen molar-refractivity contribution in [2.24, 2.45) is 10.8 Å². The molecule has 0 radical (unpaired) electrons. The monoisotopic (exact) mass is 551 g/mol. The quantitative estimate of drug-likeness (QED) is 0.148. The molecule has 0 rings (SSSR count). The molecular formula is C32H61N3O4. The molecule has 0 aromatic heterocycles. The van der Waals surface area contributed by atoms with Gasteiger partial charge in [0.2, 0.25) is 11.8 Å². The lowest BCUT2D eigenvalue weighted by molar-refractivity contribution is -0.159. The van der Waals surface area contributed by atoms with E-state index < -0.39 is 27.6 Å². The molecular weight excluding hydrogens is 490 g/mol. The molecule has 39 heavy (non-hydrogen) atoms. The van der Waals surface area contributed by atoms with E-state index in [9.17, 15) is 14.9 Å². The maximum absolute atomic E-state index is 12.9. The van der Waals surface area contributed by atoms with Gasteiger partial charge in [-0.15, -0.1) is 0 Å². The third-order valence-corrected chi connectivity index (χ3v) is 7.46. The summed E-state index contributed by atoms with van der Waals surface area (Å²) in [5.74, 6) is 0.0155. The smallest absolute Gasteiger partial charge is 0.225 e. The first kappa shape index (κ1) is 37.4. The van der Waals surface area contributed by atoms with Gasteiger partial charge in [-0.3, -0.25) is 9.59 Å². The molecule has 1 atom stereocenters. The third kappa shape index (κ3) is 16.9. The van der Waals surface area contributed by atoms with Crippen molar-refractivity contribution in [2.75, 3.05) is 19.7 Å². The number of unbranched alkanes of at least 4 members (excludes halogenated alkanes) is 4. The average molecular weight is 552 g/mol. The zero-order valence-corrected chi connectivity index (χ0v) is 27.3. The minimum atomic E-state index is -0.540. The van der Waals surface area contributed by atoms with Crippen LogP contribution in [0.4, 0.5) is 0 Å². The summed E-state index contributed by atoms with van der Waals surface area (Å²) in [6.45, 7) is 23.8. The summed E-state index contributed by atoms with van der Waals surface area (Å²) in [4.78, 5) is 25.2. The molecule has 0 bridgehead atoms. The number of nitrogens with zero attached hydrogens (tertiary/aromatic N) is 1. The van der Waals surface area contributed by atoms with Gasteiger partial charge in [0.25, 0.3) is 0 Å².